The summed E-state index contributed by atoms with van der Waals surface area (Å²) in [7, 11) is 0. The highest BCUT2D eigenvalue weighted by Crippen LogP contribution is 2.30. The molecule has 1 N–H and O–H groups in total. The van der Waals surface area contributed by atoms with Gasteiger partial charge in [-0.3, -0.25) is 10.1 Å². The van der Waals surface area contributed by atoms with E-state index in [9.17, 15) is 9.18 Å². The Labute approximate surface area is 210 Å². The number of anilines is 1. The quantitative estimate of drug-likeness (QED) is 0.409. The normalized spacial score (nSPS) is 12.3. The summed E-state index contributed by atoms with van der Waals surface area (Å²) in [6, 6.07) is 11.7. The van der Waals surface area contributed by atoms with Crippen LogP contribution in [0, 0.1) is 5.82 Å². The molecule has 1 amide bonds. The van der Waals surface area contributed by atoms with Crippen molar-refractivity contribution in [2.45, 2.75) is 25.9 Å². The van der Waals surface area contributed by atoms with Gasteiger partial charge in [-0.25, -0.2) is 18.5 Å². The molecule has 0 aliphatic carbocycles. The predicted octanol–water partition coefficient (Wildman–Crippen LogP) is 2.60. The van der Waals surface area contributed by atoms with E-state index in [4.69, 9.17) is 23.2 Å². The van der Waals surface area contributed by atoms with Crippen molar-refractivity contribution in [1.29, 1.82) is 0 Å². The second-order valence-electron chi connectivity index (χ2n) is 7.54. The topological polar surface area (TPSA) is 50.8 Å². The molecular weight excluding hydrogens is 506 g/mol. The third-order valence-electron chi connectivity index (χ3n) is 5.41. The summed E-state index contributed by atoms with van der Waals surface area (Å²) in [5.74, 6) is 0.651. The van der Waals surface area contributed by atoms with Gasteiger partial charge in [0.05, 0.1) is 28.7 Å². The predicted molar refractivity (Wildman–Crippen MR) is 125 cm³/mol. The maximum absolute atomic E-state index is 13.1. The van der Waals surface area contributed by atoms with Crippen LogP contribution in [-0.2, 0) is 24.3 Å². The molecule has 2 aromatic heterocycles. The number of halogens is 4. The summed E-state index contributed by atoms with van der Waals surface area (Å²) >= 11 is 13.6. The Morgan fingerprint density at radius 3 is 2.67 bits per heavy atom. The van der Waals surface area contributed by atoms with E-state index in [-0.39, 0.29) is 30.7 Å². The minimum absolute atomic E-state index is 0. The lowest BCUT2D eigenvalue weighted by atomic mass is 10.1. The molecule has 5 rings (SSSR count). The van der Waals surface area contributed by atoms with Gasteiger partial charge < -0.3 is 12.4 Å². The van der Waals surface area contributed by atoms with Crippen molar-refractivity contribution in [3.05, 3.63) is 75.7 Å². The number of hydrogen-bond donors (Lipinski definition) is 1. The molecule has 1 aliphatic heterocycles. The number of nitrogens with one attached hydrogen (secondary N) is 1. The standard InChI is InChI=1S/C23H17Cl2FN4OS.ClH/c24-17-8-5-15(10-18(17)25)20-11-29(22-2-1-9-30(20)22)12-21(31)28-23-27-19(13-32-23)14-3-6-16(26)7-4-14;/h3-8,10-11,13H,1-2,9,12H2;1H. The van der Waals surface area contributed by atoms with Crippen molar-refractivity contribution in [3.63, 3.8) is 0 Å². The van der Waals surface area contributed by atoms with Crippen LogP contribution in [0.3, 0.4) is 0 Å². The molecule has 33 heavy (non-hydrogen) atoms. The van der Waals surface area contributed by atoms with Crippen molar-refractivity contribution in [1.82, 2.24) is 9.55 Å². The van der Waals surface area contributed by atoms with E-state index in [0.29, 0.717) is 20.9 Å². The fraction of sp³-hybridized carbons (Fsp3) is 0.174. The van der Waals surface area contributed by atoms with Crippen LogP contribution < -0.4 is 22.3 Å². The Balaban J connectivity index is 0.00000259. The number of hydrogen-bond acceptors (Lipinski definition) is 3. The Morgan fingerprint density at radius 2 is 1.91 bits per heavy atom. The van der Waals surface area contributed by atoms with Crippen LogP contribution in [0.2, 0.25) is 10.0 Å². The molecule has 10 heteroatoms. The lowest BCUT2D eigenvalue weighted by molar-refractivity contribution is -0.690. The van der Waals surface area contributed by atoms with Gasteiger partial charge in [0.2, 0.25) is 0 Å². The van der Waals surface area contributed by atoms with Crippen molar-refractivity contribution in [2.24, 2.45) is 0 Å². The van der Waals surface area contributed by atoms with Crippen LogP contribution in [0.25, 0.3) is 22.5 Å². The second kappa shape index (κ2) is 9.81. The van der Waals surface area contributed by atoms with E-state index in [1.165, 1.54) is 23.5 Å². The maximum Gasteiger partial charge on any atom is 0.268 e. The minimum atomic E-state index is -0.296. The van der Waals surface area contributed by atoms with Crippen LogP contribution in [0.5, 0.6) is 0 Å². The van der Waals surface area contributed by atoms with E-state index in [2.05, 4.69) is 14.9 Å². The Morgan fingerprint density at radius 1 is 1.15 bits per heavy atom. The van der Waals surface area contributed by atoms with Crippen LogP contribution in [-0.4, -0.2) is 15.5 Å². The zero-order valence-electron chi connectivity index (χ0n) is 17.2. The molecule has 0 spiro atoms. The molecule has 1 aliphatic rings. The summed E-state index contributed by atoms with van der Waals surface area (Å²) < 4.78 is 17.3. The Bertz CT molecular complexity index is 1320. The molecule has 0 saturated heterocycles. The van der Waals surface area contributed by atoms with Crippen LogP contribution in [0.4, 0.5) is 9.52 Å². The molecule has 0 unspecified atom stereocenters. The molecule has 0 bridgehead atoms. The number of fused-ring (bicyclic) bond motifs is 1. The van der Waals surface area contributed by atoms with E-state index in [1.807, 2.05) is 28.3 Å². The van der Waals surface area contributed by atoms with Gasteiger partial charge in [-0.2, -0.15) is 0 Å². The Hall–Kier alpha value is -2.45. The maximum atomic E-state index is 13.1. The van der Waals surface area contributed by atoms with E-state index in [1.54, 1.807) is 18.2 Å². The van der Waals surface area contributed by atoms with Gasteiger partial charge in [0.25, 0.3) is 11.7 Å². The van der Waals surface area contributed by atoms with Gasteiger partial charge in [-0.05, 0) is 48.9 Å². The zero-order chi connectivity index (χ0) is 22.2. The number of imidazole rings is 1. The number of nitrogens with zero attached hydrogens (tertiary/aromatic N) is 3. The molecule has 0 fully saturated rings. The zero-order valence-corrected chi connectivity index (χ0v) is 20.3. The molecule has 3 heterocycles. The summed E-state index contributed by atoms with van der Waals surface area (Å²) in [6.45, 7) is 1.08. The van der Waals surface area contributed by atoms with Gasteiger partial charge in [0.15, 0.2) is 17.4 Å². The number of rotatable bonds is 5. The lowest BCUT2D eigenvalue weighted by Gasteiger charge is -2.01. The molecule has 0 radical (unpaired) electrons. The molecule has 0 atom stereocenters. The van der Waals surface area contributed by atoms with E-state index < -0.39 is 0 Å². The van der Waals surface area contributed by atoms with Crippen LogP contribution in [0.1, 0.15) is 12.2 Å². The first kappa shape index (κ1) is 23.7. The second-order valence-corrected chi connectivity index (χ2v) is 9.21. The summed E-state index contributed by atoms with van der Waals surface area (Å²) in [6.07, 6.45) is 3.92. The third kappa shape index (κ3) is 4.92. The smallest absolute Gasteiger partial charge is 0.268 e. The van der Waals surface area contributed by atoms with Crippen molar-refractivity contribution >= 4 is 45.6 Å². The highest BCUT2D eigenvalue weighted by Gasteiger charge is 2.30. The van der Waals surface area contributed by atoms with Gasteiger partial charge in [0.1, 0.15) is 12.0 Å². The fourth-order valence-corrected chi connectivity index (χ4v) is 4.96. The van der Waals surface area contributed by atoms with Gasteiger partial charge in [0, 0.05) is 16.5 Å². The van der Waals surface area contributed by atoms with E-state index in [0.717, 1.165) is 42.0 Å². The first-order valence-electron chi connectivity index (χ1n) is 10.1. The van der Waals surface area contributed by atoms with E-state index >= 15 is 0 Å². The van der Waals surface area contributed by atoms with Gasteiger partial charge in [-0.15, -0.1) is 11.3 Å². The molecular formula is C23H18Cl3FN4OS. The van der Waals surface area contributed by atoms with Gasteiger partial charge in [-0.1, -0.05) is 23.2 Å². The largest absolute Gasteiger partial charge is 1.00 e. The summed E-state index contributed by atoms with van der Waals surface area (Å²) in [5, 5.41) is 6.24. The Kier molecular flexibility index (Phi) is 7.05. The molecule has 4 aromatic rings. The minimum Gasteiger partial charge on any atom is -1.00 e. The van der Waals surface area contributed by atoms with Crippen molar-refractivity contribution < 1.29 is 26.2 Å². The van der Waals surface area contributed by atoms with Crippen LogP contribution >= 0.6 is 34.5 Å². The average Bonchev–Trinajstić information content (AvgIpc) is 3.49. The lowest BCUT2D eigenvalue weighted by Crippen LogP contribution is -3.00. The fourth-order valence-electron chi connectivity index (χ4n) is 3.93. The highest BCUT2D eigenvalue weighted by atomic mass is 35.5. The van der Waals surface area contributed by atoms with Crippen molar-refractivity contribution in [3.8, 4) is 22.5 Å². The first-order chi connectivity index (χ1) is 15.5. The van der Waals surface area contributed by atoms with Gasteiger partial charge >= 0.3 is 0 Å². The number of aromatic nitrogens is 3. The number of thiazole rings is 1. The summed E-state index contributed by atoms with van der Waals surface area (Å²) in [4.78, 5) is 17.2. The summed E-state index contributed by atoms with van der Waals surface area (Å²) in [5.41, 5.74) is 3.47. The monoisotopic (exact) mass is 522 g/mol. The number of benzene rings is 2. The number of amides is 1. The number of carbonyl (C=O) groups is 1. The number of carbonyl (C=O) groups excluding carboxylic acids is 1. The molecule has 170 valence electrons. The van der Waals surface area contributed by atoms with Crippen LogP contribution in [0.15, 0.2) is 54.0 Å². The molecule has 0 saturated carbocycles. The van der Waals surface area contributed by atoms with Crippen molar-refractivity contribution in [2.75, 3.05) is 5.32 Å². The average molecular weight is 524 g/mol. The highest BCUT2D eigenvalue weighted by molar-refractivity contribution is 7.14. The third-order valence-corrected chi connectivity index (χ3v) is 6.91. The molecule has 5 nitrogen and oxygen atoms in total. The first-order valence-corrected chi connectivity index (χ1v) is 11.7. The molecule has 2 aromatic carbocycles. The SMILES string of the molecule is O=C(C[n+]1cc(-c2ccc(Cl)c(Cl)c2)n2c1CCC2)Nc1nc(-c2ccc(F)cc2)cs1.[Cl-].